The quantitative estimate of drug-likeness (QED) is 0.0128. The van der Waals surface area contributed by atoms with Gasteiger partial charge in [-0.2, -0.15) is 0 Å². The number of hydrogen-bond donors (Lipinski definition) is 3. The fourth-order valence-electron chi connectivity index (χ4n) is 15.3. The van der Waals surface area contributed by atoms with Gasteiger partial charge in [0.05, 0.1) is 41.3 Å². The maximum absolute atomic E-state index is 12.3. The van der Waals surface area contributed by atoms with Crippen LogP contribution >= 0.6 is 0 Å². The van der Waals surface area contributed by atoms with Crippen molar-refractivity contribution in [1.82, 2.24) is 29.9 Å². The molecule has 8 bridgehead atoms. The topological polar surface area (TPSA) is 218 Å². The zero-order valence-corrected chi connectivity index (χ0v) is 68.2. The number of hydrogen-bond acceptors (Lipinski definition) is 13. The van der Waals surface area contributed by atoms with Crippen LogP contribution in [0.2, 0.25) is 0 Å². The number of ketones is 2. The Morgan fingerprint density at radius 3 is 1.11 bits per heavy atom. The van der Waals surface area contributed by atoms with Gasteiger partial charge in [-0.05, 0) is 213 Å². The number of aldehydes is 1. The van der Waals surface area contributed by atoms with Crippen molar-refractivity contribution >= 4 is 29.8 Å². The van der Waals surface area contributed by atoms with Gasteiger partial charge in [-0.3, -0.25) is 14.4 Å². The number of aryl methyl sites for hydroxylation is 9. The second-order valence-corrected chi connectivity index (χ2v) is 30.0. The number of rotatable bonds is 24. The minimum Gasteiger partial charge on any atom is -0.497 e. The van der Waals surface area contributed by atoms with Crippen LogP contribution in [-0.4, -0.2) is 93.2 Å². The van der Waals surface area contributed by atoms with Crippen LogP contribution < -0.4 is 14.2 Å². The number of esters is 2. The van der Waals surface area contributed by atoms with E-state index in [4.69, 9.17) is 38.6 Å². The number of carbonyl (C=O) groups is 5. The molecule has 0 aliphatic heterocycles. The zero-order chi connectivity index (χ0) is 84.1. The van der Waals surface area contributed by atoms with Crippen LogP contribution in [0.15, 0.2) is 316 Å². The third-order valence-electron chi connectivity index (χ3n) is 21.8. The monoisotopic (exact) mass is 1610 g/mol. The summed E-state index contributed by atoms with van der Waals surface area (Å²) in [6.07, 6.45) is 12.3. The number of methoxy groups -OCH3 is 1. The molecule has 0 spiro atoms. The standard InChI is InChI=1S/C54H48N4O4.C32H26N2O.C20H18O5/c1-3-48(59)62-33-32-61-45-30-26-43(27-31-45)52-51(42-24-28-44(60-2)29-25-42)57-54(58-52)47-35-37-13-10-12-36-20-22-38(18-11-19-39(47)23-21-37)46(34-36)53-55-49(40-14-6-4-7-15-40)50(56-53)41-16-8-5-9-17-41;35-21-28-19-22-11-12-23-14-16-25(18-17-24(28)15-13-22)29(20-23)32-33-30(26-7-3-1-4-8-26)31(34-32)27-9-5-2-6-10-27;1-3-18(21)25-13-12-24-17-10-8-16(9-11-17)20(23)19(22)15-6-4-14(2)5-7-15/h3-9,14-17,20-31,34-35H,1,10-13,18-19,32-33H2,2H3,(H,55,56)(H,57,58);1-10,13-16,19-21H,11-12,17-18H2,(H,33,34);3-11H,1,12-13H2,2H3. The number of Topliss-reactive ketones (excluding diaryl/α,β-unsaturated/α-hetero) is 2. The van der Waals surface area contributed by atoms with Crippen LogP contribution in [0, 0.1) is 6.92 Å². The number of nitrogens with zero attached hydrogens (tertiary/aromatic N) is 3. The first kappa shape index (κ1) is 82.2. The lowest BCUT2D eigenvalue weighted by Crippen LogP contribution is -2.14. The van der Waals surface area contributed by atoms with Crippen molar-refractivity contribution in [3.63, 3.8) is 0 Å². The molecule has 0 amide bonds. The molecule has 8 aliphatic carbocycles. The van der Waals surface area contributed by atoms with E-state index in [0.717, 1.165) is 201 Å². The van der Waals surface area contributed by atoms with Gasteiger partial charge in [-0.15, -0.1) is 0 Å². The van der Waals surface area contributed by atoms with Gasteiger partial charge < -0.3 is 38.6 Å². The third-order valence-corrected chi connectivity index (χ3v) is 21.8. The molecule has 23 rings (SSSR count). The minimum absolute atomic E-state index is 0.0947. The highest BCUT2D eigenvalue weighted by Crippen LogP contribution is 2.41. The molecule has 16 heteroatoms. The first-order chi connectivity index (χ1) is 59.8. The molecule has 0 fully saturated rings. The lowest BCUT2D eigenvalue weighted by molar-refractivity contribution is -0.139. The van der Waals surface area contributed by atoms with E-state index in [9.17, 15) is 24.0 Å². The minimum atomic E-state index is -0.574. The van der Waals surface area contributed by atoms with Gasteiger partial charge in [-0.25, -0.2) is 24.5 Å². The first-order valence-electron chi connectivity index (χ1n) is 41.1. The fraction of sp³-hybridized carbons (Fsp3) is 0.151. The molecule has 0 saturated carbocycles. The average molecular weight is 1610 g/mol. The van der Waals surface area contributed by atoms with Gasteiger partial charge in [-0.1, -0.05) is 213 Å². The van der Waals surface area contributed by atoms with Crippen molar-refractivity contribution in [2.45, 2.75) is 71.1 Å². The zero-order valence-electron chi connectivity index (χ0n) is 68.2. The summed E-state index contributed by atoms with van der Waals surface area (Å²) >= 11 is 0. The van der Waals surface area contributed by atoms with Crippen molar-refractivity contribution < 1.29 is 47.7 Å². The highest BCUT2D eigenvalue weighted by molar-refractivity contribution is 6.49. The number of aromatic amines is 3. The number of ether oxygens (including phenoxy) is 5. The molecule has 122 heavy (non-hydrogen) atoms. The molecule has 3 heterocycles. The van der Waals surface area contributed by atoms with E-state index < -0.39 is 23.5 Å². The Bertz CT molecular complexity index is 6080. The predicted octanol–water partition coefficient (Wildman–Crippen LogP) is 22.2. The van der Waals surface area contributed by atoms with Gasteiger partial charge in [0.1, 0.15) is 67.4 Å². The Morgan fingerprint density at radius 2 is 0.689 bits per heavy atom. The number of nitrogens with one attached hydrogen (secondary N) is 3. The molecule has 15 aromatic rings. The molecular formula is C106H92N6O10. The van der Waals surface area contributed by atoms with E-state index in [1.54, 1.807) is 43.5 Å². The summed E-state index contributed by atoms with van der Waals surface area (Å²) in [4.78, 5) is 85.6. The number of H-pyrrole nitrogens is 3. The van der Waals surface area contributed by atoms with Crippen LogP contribution in [0.25, 0.3) is 102 Å². The summed E-state index contributed by atoms with van der Waals surface area (Å²) in [6.45, 7) is 9.29. The molecule has 606 valence electrons. The summed E-state index contributed by atoms with van der Waals surface area (Å²) in [7, 11) is 1.67. The highest BCUT2D eigenvalue weighted by atomic mass is 16.6. The van der Waals surface area contributed by atoms with Crippen LogP contribution in [0.4, 0.5) is 0 Å². The summed E-state index contributed by atoms with van der Waals surface area (Å²) in [5.41, 5.74) is 28.0. The van der Waals surface area contributed by atoms with Crippen LogP contribution in [0.3, 0.4) is 0 Å². The summed E-state index contributed by atoms with van der Waals surface area (Å²) < 4.78 is 26.6. The Hall–Kier alpha value is -14.9. The first-order valence-corrected chi connectivity index (χ1v) is 41.1. The van der Waals surface area contributed by atoms with Crippen LogP contribution in [-0.2, 0) is 70.4 Å². The van der Waals surface area contributed by atoms with E-state index in [1.807, 2.05) is 73.7 Å². The third kappa shape index (κ3) is 20.3. The number of imidazole rings is 3. The Labute approximate surface area is 710 Å². The molecule has 8 aliphatic rings. The SMILES string of the molecule is C=CC(=O)OCCOc1ccc(-c2[nH]c(-c3cc4ccc3CCCc3ccc(cc3-c3nc(-c5ccccc5)c(-c5ccccc5)[nH]3)CCC4)nc2-c2ccc(OC)cc2)cc1.C=CC(=O)OCCOc1ccc(C(=O)C(=O)c2ccc(C)cc2)cc1.O=Cc1cc2ccc1CCc1ccc(cc1-c1nc(-c3ccccc3)c(-c3ccccc3)[nH]1)CC2. The van der Waals surface area contributed by atoms with Gasteiger partial charge >= 0.3 is 11.9 Å². The summed E-state index contributed by atoms with van der Waals surface area (Å²) in [5, 5.41) is 0. The molecule has 0 unspecified atom stereocenters. The molecule has 0 radical (unpaired) electrons. The van der Waals surface area contributed by atoms with Crippen LogP contribution in [0.5, 0.6) is 17.2 Å². The fourth-order valence-corrected chi connectivity index (χ4v) is 15.3. The number of carbonyl (C=O) groups excluding carboxylic acids is 5. The molecule has 0 atom stereocenters. The van der Waals surface area contributed by atoms with Crippen molar-refractivity contribution in [3.8, 4) is 119 Å². The number of benzene rings is 12. The van der Waals surface area contributed by atoms with E-state index in [0.29, 0.717) is 17.1 Å². The predicted molar refractivity (Wildman–Crippen MR) is 482 cm³/mol. The Balaban J connectivity index is 0.000000161. The van der Waals surface area contributed by atoms with Gasteiger partial charge in [0, 0.05) is 78.9 Å². The second kappa shape index (κ2) is 39.6. The lowest BCUT2D eigenvalue weighted by atomic mass is 9.91. The van der Waals surface area contributed by atoms with Crippen molar-refractivity contribution in [2.24, 2.45) is 0 Å². The molecule has 12 aromatic carbocycles. The smallest absolute Gasteiger partial charge is 0.330 e. The highest BCUT2D eigenvalue weighted by Gasteiger charge is 2.25. The molecule has 3 aromatic heterocycles. The lowest BCUT2D eigenvalue weighted by Gasteiger charge is -2.15. The van der Waals surface area contributed by atoms with E-state index in [2.05, 4.69) is 204 Å². The average Bonchev–Trinajstić information content (AvgIpc) is 1.64. The van der Waals surface area contributed by atoms with Gasteiger partial charge in [0.25, 0.3) is 0 Å². The Kier molecular flexibility index (Phi) is 26.7. The van der Waals surface area contributed by atoms with E-state index in [-0.39, 0.29) is 32.0 Å². The summed E-state index contributed by atoms with van der Waals surface area (Å²) in [6, 6.07) is 97.8. The van der Waals surface area contributed by atoms with Crippen molar-refractivity contribution in [1.29, 1.82) is 0 Å². The largest absolute Gasteiger partial charge is 0.497 e. The van der Waals surface area contributed by atoms with E-state index >= 15 is 0 Å². The van der Waals surface area contributed by atoms with E-state index in [1.165, 1.54) is 56.6 Å². The van der Waals surface area contributed by atoms with Crippen molar-refractivity contribution in [2.75, 3.05) is 33.5 Å². The number of aromatic nitrogens is 6. The molecular weight excluding hydrogens is 1520 g/mol. The molecule has 0 saturated heterocycles. The van der Waals surface area contributed by atoms with Crippen LogP contribution in [0.1, 0.15) is 94.0 Å². The Morgan fingerprint density at radius 1 is 0.352 bits per heavy atom. The summed E-state index contributed by atoms with van der Waals surface area (Å²) in [5.74, 6) is 2.48. The molecule has 3 N–H and O–H groups in total. The van der Waals surface area contributed by atoms with Crippen molar-refractivity contribution in [3.05, 3.63) is 383 Å². The van der Waals surface area contributed by atoms with Gasteiger partial charge in [0.15, 0.2) is 0 Å². The van der Waals surface area contributed by atoms with Gasteiger partial charge in [0.2, 0.25) is 11.6 Å². The maximum atomic E-state index is 12.3. The maximum Gasteiger partial charge on any atom is 0.330 e. The normalized spacial score (nSPS) is 12.0. The second-order valence-electron chi connectivity index (χ2n) is 30.0. The molecule has 16 nitrogen and oxygen atoms in total.